The molecule has 3 rings (SSSR count). The molecule has 3 aromatic rings. The topological polar surface area (TPSA) is 70.8 Å². The standard InChI is InChI=1S/C12H11N3O2/c1-2-17-12(16)11-8-4-3-7-5-6-13-9(7)10(8)14-15-11/h3-6,14-15H,2H2,1H3. The molecule has 86 valence electrons. The monoisotopic (exact) mass is 229 g/mol. The zero-order valence-corrected chi connectivity index (χ0v) is 9.28. The largest absolute Gasteiger partial charge is 0.461 e. The molecule has 0 aliphatic heterocycles. The average Bonchev–Trinajstić information content (AvgIpc) is 2.94. The molecule has 0 bridgehead atoms. The highest BCUT2D eigenvalue weighted by Crippen LogP contribution is 2.24. The van der Waals surface area contributed by atoms with Crippen LogP contribution >= 0.6 is 0 Å². The SMILES string of the molecule is CCOC(=O)c1[nH][nH]c2c1ccc1ccnc12. The normalized spacial score (nSPS) is 11.1. The predicted octanol–water partition coefficient (Wildman–Crippen LogP) is 2.22. The van der Waals surface area contributed by atoms with Gasteiger partial charge in [0.2, 0.25) is 0 Å². The molecular formula is C12H11N3O2. The number of H-pyrrole nitrogens is 2. The third-order valence-corrected chi connectivity index (χ3v) is 2.73. The van der Waals surface area contributed by atoms with Crippen LogP contribution in [0.4, 0.5) is 0 Å². The summed E-state index contributed by atoms with van der Waals surface area (Å²) < 4.78 is 4.98. The molecule has 1 aromatic carbocycles. The van der Waals surface area contributed by atoms with E-state index in [-0.39, 0.29) is 5.97 Å². The van der Waals surface area contributed by atoms with Crippen molar-refractivity contribution >= 4 is 27.8 Å². The number of aromatic amines is 2. The lowest BCUT2D eigenvalue weighted by atomic mass is 10.1. The Bertz CT molecular complexity index is 696. The Morgan fingerprint density at radius 2 is 2.24 bits per heavy atom. The molecule has 5 nitrogen and oxygen atoms in total. The lowest BCUT2D eigenvalue weighted by Gasteiger charge is -1.98. The second kappa shape index (κ2) is 3.62. The van der Waals surface area contributed by atoms with E-state index in [0.717, 1.165) is 21.8 Å². The van der Waals surface area contributed by atoms with Gasteiger partial charge < -0.3 is 4.74 Å². The lowest BCUT2D eigenvalue weighted by molar-refractivity contribution is 0.0521. The first-order chi connectivity index (χ1) is 8.31. The molecule has 0 aliphatic rings. The molecule has 5 heteroatoms. The fraction of sp³-hybridized carbons (Fsp3) is 0.167. The number of rotatable bonds is 2. The summed E-state index contributed by atoms with van der Waals surface area (Å²) in [5.41, 5.74) is 2.12. The zero-order chi connectivity index (χ0) is 11.8. The van der Waals surface area contributed by atoms with Gasteiger partial charge in [-0.25, -0.2) is 4.79 Å². The first kappa shape index (κ1) is 9.89. The molecule has 0 radical (unpaired) electrons. The van der Waals surface area contributed by atoms with Gasteiger partial charge in [0.1, 0.15) is 5.69 Å². The van der Waals surface area contributed by atoms with Crippen LogP contribution in [0.15, 0.2) is 24.4 Å². The van der Waals surface area contributed by atoms with Gasteiger partial charge in [0, 0.05) is 17.0 Å². The van der Waals surface area contributed by atoms with E-state index in [1.165, 1.54) is 0 Å². The first-order valence-electron chi connectivity index (χ1n) is 5.42. The third kappa shape index (κ3) is 1.39. The zero-order valence-electron chi connectivity index (χ0n) is 9.28. The molecule has 2 aromatic heterocycles. The molecule has 17 heavy (non-hydrogen) atoms. The van der Waals surface area contributed by atoms with E-state index >= 15 is 0 Å². The highest BCUT2D eigenvalue weighted by Gasteiger charge is 2.15. The number of carbonyl (C=O) groups is 1. The highest BCUT2D eigenvalue weighted by molar-refractivity contribution is 6.10. The number of hydrogen-bond donors (Lipinski definition) is 2. The van der Waals surface area contributed by atoms with Crippen LogP contribution in [0.5, 0.6) is 0 Å². The van der Waals surface area contributed by atoms with Crippen LogP contribution in [0.2, 0.25) is 0 Å². The number of fused-ring (bicyclic) bond motifs is 3. The Morgan fingerprint density at radius 1 is 1.35 bits per heavy atom. The lowest BCUT2D eigenvalue weighted by Crippen LogP contribution is -2.05. The predicted molar refractivity (Wildman–Crippen MR) is 63.9 cm³/mol. The minimum absolute atomic E-state index is 0.357. The van der Waals surface area contributed by atoms with Crippen LogP contribution in [0.3, 0.4) is 0 Å². The van der Waals surface area contributed by atoms with Gasteiger partial charge in [-0.05, 0) is 19.1 Å². The molecule has 2 heterocycles. The Morgan fingerprint density at radius 3 is 3.06 bits per heavy atom. The molecule has 0 atom stereocenters. The minimum Gasteiger partial charge on any atom is -0.461 e. The molecule has 0 saturated carbocycles. The molecule has 0 spiro atoms. The van der Waals surface area contributed by atoms with Crippen molar-refractivity contribution in [1.29, 1.82) is 0 Å². The summed E-state index contributed by atoms with van der Waals surface area (Å²) >= 11 is 0. The van der Waals surface area contributed by atoms with Gasteiger partial charge in [-0.2, -0.15) is 0 Å². The van der Waals surface area contributed by atoms with Crippen molar-refractivity contribution in [2.75, 3.05) is 6.61 Å². The maximum atomic E-state index is 11.7. The third-order valence-electron chi connectivity index (χ3n) is 2.73. The Hall–Kier alpha value is -2.30. The van der Waals surface area contributed by atoms with Crippen molar-refractivity contribution in [3.05, 3.63) is 30.1 Å². The van der Waals surface area contributed by atoms with Gasteiger partial charge in [0.25, 0.3) is 0 Å². The second-order valence-corrected chi connectivity index (χ2v) is 3.72. The molecule has 2 N–H and O–H groups in total. The maximum Gasteiger partial charge on any atom is 0.356 e. The Labute approximate surface area is 96.8 Å². The number of benzene rings is 1. The summed E-state index contributed by atoms with van der Waals surface area (Å²) in [6, 6.07) is 5.76. The van der Waals surface area contributed by atoms with Crippen LogP contribution < -0.4 is 0 Å². The van der Waals surface area contributed by atoms with Crippen molar-refractivity contribution in [1.82, 2.24) is 15.2 Å². The number of hydrogen-bond acceptors (Lipinski definition) is 3. The van der Waals surface area contributed by atoms with Crippen molar-refractivity contribution < 1.29 is 9.53 Å². The smallest absolute Gasteiger partial charge is 0.356 e. The Kier molecular flexibility index (Phi) is 2.11. The van der Waals surface area contributed by atoms with E-state index < -0.39 is 0 Å². The molecule has 0 aliphatic carbocycles. The van der Waals surface area contributed by atoms with Crippen molar-refractivity contribution in [3.63, 3.8) is 0 Å². The maximum absolute atomic E-state index is 11.7. The molecular weight excluding hydrogens is 218 g/mol. The number of nitrogens with zero attached hydrogens (tertiary/aromatic N) is 1. The van der Waals surface area contributed by atoms with Crippen molar-refractivity contribution in [2.24, 2.45) is 0 Å². The molecule has 0 amide bonds. The van der Waals surface area contributed by atoms with E-state index in [1.54, 1.807) is 13.1 Å². The summed E-state index contributed by atoms with van der Waals surface area (Å²) in [5.74, 6) is -0.357. The number of aromatic nitrogens is 3. The number of carbonyl (C=O) groups excluding carboxylic acids is 1. The number of nitrogens with one attached hydrogen (secondary N) is 2. The quantitative estimate of drug-likeness (QED) is 0.662. The van der Waals surface area contributed by atoms with Crippen LogP contribution in [0.25, 0.3) is 21.8 Å². The highest BCUT2D eigenvalue weighted by atomic mass is 16.5. The van der Waals surface area contributed by atoms with Crippen LogP contribution in [0, 0.1) is 0 Å². The van der Waals surface area contributed by atoms with Gasteiger partial charge in [0.15, 0.2) is 0 Å². The molecule has 0 fully saturated rings. The van der Waals surface area contributed by atoms with E-state index in [0.29, 0.717) is 12.3 Å². The molecule has 0 saturated heterocycles. The van der Waals surface area contributed by atoms with E-state index in [1.807, 2.05) is 18.2 Å². The van der Waals surface area contributed by atoms with Crippen LogP contribution in [-0.2, 0) is 4.74 Å². The molecule has 0 unspecified atom stereocenters. The fourth-order valence-corrected chi connectivity index (χ4v) is 1.96. The average molecular weight is 229 g/mol. The van der Waals surface area contributed by atoms with Gasteiger partial charge in [0.05, 0.1) is 17.6 Å². The first-order valence-corrected chi connectivity index (χ1v) is 5.42. The van der Waals surface area contributed by atoms with Gasteiger partial charge in [-0.1, -0.05) is 6.07 Å². The second-order valence-electron chi connectivity index (χ2n) is 3.72. The van der Waals surface area contributed by atoms with E-state index in [4.69, 9.17) is 4.74 Å². The Balaban J connectivity index is 2.25. The summed E-state index contributed by atoms with van der Waals surface area (Å²) in [6.07, 6.45) is 1.75. The van der Waals surface area contributed by atoms with Gasteiger partial charge in [-0.15, -0.1) is 0 Å². The summed E-state index contributed by atoms with van der Waals surface area (Å²) in [7, 11) is 0. The van der Waals surface area contributed by atoms with Crippen molar-refractivity contribution in [2.45, 2.75) is 6.92 Å². The summed E-state index contributed by atoms with van der Waals surface area (Å²) in [5, 5.41) is 7.65. The summed E-state index contributed by atoms with van der Waals surface area (Å²) in [4.78, 5) is 16.0. The van der Waals surface area contributed by atoms with E-state index in [9.17, 15) is 4.79 Å². The van der Waals surface area contributed by atoms with Crippen molar-refractivity contribution in [3.8, 4) is 0 Å². The fourth-order valence-electron chi connectivity index (χ4n) is 1.96. The van der Waals surface area contributed by atoms with Gasteiger partial charge in [-0.3, -0.25) is 15.2 Å². The van der Waals surface area contributed by atoms with E-state index in [2.05, 4.69) is 15.2 Å². The summed E-state index contributed by atoms with van der Waals surface area (Å²) in [6.45, 7) is 2.14. The van der Waals surface area contributed by atoms with Gasteiger partial charge >= 0.3 is 5.97 Å². The van der Waals surface area contributed by atoms with Crippen LogP contribution in [0.1, 0.15) is 17.4 Å². The van der Waals surface area contributed by atoms with Crippen LogP contribution in [-0.4, -0.2) is 27.8 Å². The minimum atomic E-state index is -0.357. The number of ether oxygens (including phenoxy) is 1. The number of esters is 1.